The fraction of sp³-hybridized carbons (Fsp3) is 0.316. The van der Waals surface area contributed by atoms with E-state index in [0.29, 0.717) is 6.42 Å². The van der Waals surface area contributed by atoms with Gasteiger partial charge in [0.15, 0.2) is 0 Å². The maximum absolute atomic E-state index is 12.7. The topological polar surface area (TPSA) is 74.3 Å². The maximum atomic E-state index is 12.7. The molecule has 0 radical (unpaired) electrons. The van der Waals surface area contributed by atoms with E-state index in [1.165, 1.54) is 0 Å². The Morgan fingerprint density at radius 2 is 1.88 bits per heavy atom. The molecule has 1 aliphatic rings. The molecule has 1 aromatic heterocycles. The van der Waals surface area contributed by atoms with Crippen molar-refractivity contribution in [1.82, 2.24) is 15.6 Å². The van der Waals surface area contributed by atoms with Gasteiger partial charge in [-0.2, -0.15) is 0 Å². The number of aromatic nitrogens is 1. The van der Waals surface area contributed by atoms with Gasteiger partial charge in [0, 0.05) is 24.1 Å². The van der Waals surface area contributed by atoms with Gasteiger partial charge >= 0.3 is 6.03 Å². The van der Waals surface area contributed by atoms with Gasteiger partial charge in [0.05, 0.1) is 6.04 Å². The second-order valence-corrected chi connectivity index (χ2v) is 6.30. The van der Waals surface area contributed by atoms with Gasteiger partial charge in [0.25, 0.3) is 0 Å². The van der Waals surface area contributed by atoms with E-state index in [4.69, 9.17) is 0 Å². The second-order valence-electron chi connectivity index (χ2n) is 6.30. The Hall–Kier alpha value is -2.89. The van der Waals surface area contributed by atoms with E-state index in [2.05, 4.69) is 15.6 Å². The number of nitrogens with one attached hydrogen (secondary N) is 2. The Bertz CT molecular complexity index is 736. The number of benzene rings is 1. The van der Waals surface area contributed by atoms with Crippen molar-refractivity contribution in [3.05, 3.63) is 60.4 Å². The van der Waals surface area contributed by atoms with Gasteiger partial charge in [-0.3, -0.25) is 9.78 Å². The van der Waals surface area contributed by atoms with E-state index < -0.39 is 6.04 Å². The standard InChI is InChI=1S/C19H22N4O2/c1-13-12-17(18(24)23(13)16-6-4-3-5-7-16)22-19(25)21-14(2)15-8-10-20-11-9-15/h3-11,13-14,17H,12H2,1-2H3,(H2,21,22,25)/t13-,14+,17+/m1/s1. The van der Waals surface area contributed by atoms with E-state index in [9.17, 15) is 9.59 Å². The summed E-state index contributed by atoms with van der Waals surface area (Å²) in [6, 6.07) is 12.3. The molecule has 0 aliphatic carbocycles. The first-order chi connectivity index (χ1) is 12.1. The first kappa shape index (κ1) is 17.0. The first-order valence-electron chi connectivity index (χ1n) is 8.41. The second kappa shape index (κ2) is 7.34. The lowest BCUT2D eigenvalue weighted by Crippen LogP contribution is -2.46. The lowest BCUT2D eigenvalue weighted by atomic mass is 10.1. The van der Waals surface area contributed by atoms with E-state index in [-0.39, 0.29) is 24.0 Å². The number of carbonyl (C=O) groups excluding carboxylic acids is 2. The van der Waals surface area contributed by atoms with Gasteiger partial charge in [0.2, 0.25) is 5.91 Å². The Labute approximate surface area is 147 Å². The van der Waals surface area contributed by atoms with Crippen LogP contribution in [0.5, 0.6) is 0 Å². The minimum Gasteiger partial charge on any atom is -0.332 e. The molecule has 0 saturated carbocycles. The molecule has 6 heteroatoms. The molecular weight excluding hydrogens is 316 g/mol. The van der Waals surface area contributed by atoms with Crippen molar-refractivity contribution in [1.29, 1.82) is 0 Å². The molecule has 1 saturated heterocycles. The smallest absolute Gasteiger partial charge is 0.315 e. The molecule has 3 rings (SSSR count). The van der Waals surface area contributed by atoms with Gasteiger partial charge in [0.1, 0.15) is 6.04 Å². The molecule has 2 N–H and O–H groups in total. The summed E-state index contributed by atoms with van der Waals surface area (Å²) >= 11 is 0. The summed E-state index contributed by atoms with van der Waals surface area (Å²) in [7, 11) is 0. The summed E-state index contributed by atoms with van der Waals surface area (Å²) in [5.41, 5.74) is 1.82. The van der Waals surface area contributed by atoms with Crippen LogP contribution in [0.4, 0.5) is 10.5 Å². The Morgan fingerprint density at radius 3 is 2.56 bits per heavy atom. The summed E-state index contributed by atoms with van der Waals surface area (Å²) in [4.78, 5) is 30.7. The lowest BCUT2D eigenvalue weighted by Gasteiger charge is -2.21. The van der Waals surface area contributed by atoms with Crippen LogP contribution in [-0.2, 0) is 4.79 Å². The number of anilines is 1. The fourth-order valence-electron chi connectivity index (χ4n) is 3.16. The van der Waals surface area contributed by atoms with Gasteiger partial charge in [-0.1, -0.05) is 18.2 Å². The van der Waals surface area contributed by atoms with Crippen molar-refractivity contribution < 1.29 is 9.59 Å². The Morgan fingerprint density at radius 1 is 1.20 bits per heavy atom. The third-order valence-corrected chi connectivity index (χ3v) is 4.45. The van der Waals surface area contributed by atoms with Crippen LogP contribution in [0, 0.1) is 0 Å². The average molecular weight is 338 g/mol. The molecule has 0 unspecified atom stereocenters. The molecule has 2 heterocycles. The van der Waals surface area contributed by atoms with Crippen LogP contribution >= 0.6 is 0 Å². The van der Waals surface area contributed by atoms with Crippen molar-refractivity contribution in [3.63, 3.8) is 0 Å². The fourth-order valence-corrected chi connectivity index (χ4v) is 3.16. The molecule has 0 spiro atoms. The number of rotatable bonds is 4. The van der Waals surface area contributed by atoms with Crippen molar-refractivity contribution >= 4 is 17.6 Å². The molecule has 1 fully saturated rings. The highest BCUT2D eigenvalue weighted by Crippen LogP contribution is 2.26. The number of hydrogen-bond donors (Lipinski definition) is 2. The van der Waals surface area contributed by atoms with Crippen molar-refractivity contribution in [2.75, 3.05) is 4.90 Å². The predicted molar refractivity (Wildman–Crippen MR) is 96.1 cm³/mol. The van der Waals surface area contributed by atoms with Crippen LogP contribution < -0.4 is 15.5 Å². The molecule has 1 aromatic carbocycles. The van der Waals surface area contributed by atoms with Crippen LogP contribution in [-0.4, -0.2) is 29.0 Å². The minimum absolute atomic E-state index is 0.0396. The van der Waals surface area contributed by atoms with E-state index in [1.54, 1.807) is 17.3 Å². The molecular formula is C19H22N4O2. The number of para-hydroxylation sites is 1. The summed E-state index contributed by atoms with van der Waals surface area (Å²) in [5, 5.41) is 5.67. The van der Waals surface area contributed by atoms with Gasteiger partial charge in [-0.05, 0) is 50.1 Å². The molecule has 3 atom stereocenters. The number of amides is 3. The van der Waals surface area contributed by atoms with Crippen LogP contribution in [0.25, 0.3) is 0 Å². The zero-order valence-electron chi connectivity index (χ0n) is 14.3. The normalized spacial score (nSPS) is 21.0. The van der Waals surface area contributed by atoms with Crippen LogP contribution in [0.15, 0.2) is 54.9 Å². The number of hydrogen-bond acceptors (Lipinski definition) is 3. The molecule has 2 aromatic rings. The maximum Gasteiger partial charge on any atom is 0.315 e. The van der Waals surface area contributed by atoms with Crippen molar-refractivity contribution in [2.45, 2.75) is 38.4 Å². The summed E-state index contributed by atoms with van der Waals surface area (Å²) in [6.45, 7) is 3.88. The zero-order valence-corrected chi connectivity index (χ0v) is 14.3. The molecule has 6 nitrogen and oxygen atoms in total. The zero-order chi connectivity index (χ0) is 17.8. The summed E-state index contributed by atoms with van der Waals surface area (Å²) in [6.07, 6.45) is 3.96. The Kier molecular flexibility index (Phi) is 4.97. The lowest BCUT2D eigenvalue weighted by molar-refractivity contribution is -0.118. The molecule has 3 amide bonds. The quantitative estimate of drug-likeness (QED) is 0.900. The van der Waals surface area contributed by atoms with Gasteiger partial charge in [-0.15, -0.1) is 0 Å². The third-order valence-electron chi connectivity index (χ3n) is 4.45. The molecule has 1 aliphatic heterocycles. The molecule has 0 bridgehead atoms. The van der Waals surface area contributed by atoms with Crippen molar-refractivity contribution in [3.8, 4) is 0 Å². The Balaban J connectivity index is 1.61. The third kappa shape index (κ3) is 3.79. The van der Waals surface area contributed by atoms with Crippen LogP contribution in [0.1, 0.15) is 31.9 Å². The number of carbonyl (C=O) groups is 2. The number of nitrogens with zero attached hydrogens (tertiary/aromatic N) is 2. The summed E-state index contributed by atoms with van der Waals surface area (Å²) in [5.74, 6) is -0.0783. The number of urea groups is 1. The van der Waals surface area contributed by atoms with E-state index in [0.717, 1.165) is 11.3 Å². The largest absolute Gasteiger partial charge is 0.332 e. The highest BCUT2D eigenvalue weighted by Gasteiger charge is 2.38. The highest BCUT2D eigenvalue weighted by atomic mass is 16.2. The monoisotopic (exact) mass is 338 g/mol. The van der Waals surface area contributed by atoms with E-state index in [1.807, 2.05) is 56.3 Å². The number of pyridine rings is 1. The highest BCUT2D eigenvalue weighted by molar-refractivity contribution is 6.01. The molecule has 130 valence electrons. The SMILES string of the molecule is C[C@H](NC(=O)N[C@H]1C[C@@H](C)N(c2ccccc2)C1=O)c1ccncc1. The predicted octanol–water partition coefficient (Wildman–Crippen LogP) is 2.64. The van der Waals surface area contributed by atoms with Gasteiger partial charge < -0.3 is 15.5 Å². The van der Waals surface area contributed by atoms with Gasteiger partial charge in [-0.25, -0.2) is 4.79 Å². The van der Waals surface area contributed by atoms with Crippen LogP contribution in [0.2, 0.25) is 0 Å². The van der Waals surface area contributed by atoms with Crippen LogP contribution in [0.3, 0.4) is 0 Å². The first-order valence-corrected chi connectivity index (χ1v) is 8.41. The van der Waals surface area contributed by atoms with E-state index >= 15 is 0 Å². The average Bonchev–Trinajstić information content (AvgIpc) is 2.89. The molecule has 25 heavy (non-hydrogen) atoms. The minimum atomic E-state index is -0.514. The summed E-state index contributed by atoms with van der Waals surface area (Å²) < 4.78 is 0. The van der Waals surface area contributed by atoms with Crippen molar-refractivity contribution in [2.24, 2.45) is 0 Å².